The minimum Gasteiger partial charge on any atom is -0.486 e. The molecular weight excluding hydrogens is 454 g/mol. The van der Waals surface area contributed by atoms with Crippen LogP contribution in [0.1, 0.15) is 31.4 Å². The van der Waals surface area contributed by atoms with Crippen molar-refractivity contribution in [3.63, 3.8) is 0 Å². The average Bonchev–Trinajstić information content (AvgIpc) is 3.52. The van der Waals surface area contributed by atoms with Gasteiger partial charge in [-0.2, -0.15) is 0 Å². The molecule has 4 aliphatic heterocycles. The van der Waals surface area contributed by atoms with Crippen molar-refractivity contribution in [1.29, 1.82) is 0 Å². The average molecular weight is 486 g/mol. The Balaban J connectivity index is 1.20. The Morgan fingerprint density at radius 1 is 1.24 bits per heavy atom. The molecule has 0 saturated carbocycles. The van der Waals surface area contributed by atoms with E-state index < -0.39 is 0 Å². The van der Waals surface area contributed by atoms with Crippen LogP contribution in [0.25, 0.3) is 0 Å². The predicted octanol–water partition coefficient (Wildman–Crippen LogP) is 2.51. The van der Waals surface area contributed by atoms with Gasteiger partial charge in [-0.15, -0.1) is 0 Å². The number of rotatable bonds is 5. The highest BCUT2D eigenvalue weighted by Gasteiger charge is 2.40. The molecule has 0 radical (unpaired) electrons. The first-order valence-electron chi connectivity index (χ1n) is 12.1. The summed E-state index contributed by atoms with van der Waals surface area (Å²) < 4.78 is 17.4. The van der Waals surface area contributed by atoms with Crippen molar-refractivity contribution < 1.29 is 19.3 Å². The van der Waals surface area contributed by atoms with E-state index in [0.717, 1.165) is 85.8 Å². The third-order valence-electron chi connectivity index (χ3n) is 7.72. The lowest BCUT2D eigenvalue weighted by molar-refractivity contribution is 0.116. The molecule has 1 spiro atoms. The minimum absolute atomic E-state index is 0.139. The first-order valence-corrected chi connectivity index (χ1v) is 12.9. The van der Waals surface area contributed by atoms with E-state index in [0.29, 0.717) is 23.8 Å². The van der Waals surface area contributed by atoms with Crippen molar-refractivity contribution in [1.82, 2.24) is 15.0 Å². The molecule has 2 atom stereocenters. The number of ether oxygens (including phenoxy) is 3. The van der Waals surface area contributed by atoms with E-state index in [2.05, 4.69) is 14.8 Å². The number of aliphatic hydroxyl groups excluding tert-OH is 1. The molecule has 0 amide bonds. The first-order chi connectivity index (χ1) is 16.7. The monoisotopic (exact) mass is 485 g/mol. The van der Waals surface area contributed by atoms with Gasteiger partial charge in [-0.05, 0) is 37.2 Å². The van der Waals surface area contributed by atoms with Crippen LogP contribution in [0.4, 0.5) is 11.6 Å². The molecule has 6 rings (SSSR count). The van der Waals surface area contributed by atoms with E-state index in [9.17, 15) is 5.11 Å². The zero-order valence-corrected chi connectivity index (χ0v) is 20.3. The van der Waals surface area contributed by atoms with Crippen LogP contribution in [0.5, 0.6) is 5.75 Å². The zero-order valence-electron chi connectivity index (χ0n) is 19.5. The molecular formula is C24H31N5O4S. The van der Waals surface area contributed by atoms with Crippen LogP contribution in [-0.4, -0.2) is 78.8 Å². The van der Waals surface area contributed by atoms with Gasteiger partial charge in [-0.25, -0.2) is 15.0 Å². The smallest absolute Gasteiger partial charge is 0.175 e. The summed E-state index contributed by atoms with van der Waals surface area (Å²) in [5.41, 5.74) is 0.951. The van der Waals surface area contributed by atoms with E-state index in [1.54, 1.807) is 13.3 Å². The van der Waals surface area contributed by atoms with Crippen LogP contribution >= 0.6 is 11.8 Å². The maximum atomic E-state index is 10.1. The summed E-state index contributed by atoms with van der Waals surface area (Å²) in [6, 6.07) is 2.25. The van der Waals surface area contributed by atoms with Crippen LogP contribution in [0.2, 0.25) is 0 Å². The van der Waals surface area contributed by atoms with Crippen LogP contribution < -0.4 is 14.5 Å². The van der Waals surface area contributed by atoms with Crippen molar-refractivity contribution in [2.45, 2.75) is 54.4 Å². The third-order valence-corrected chi connectivity index (χ3v) is 8.67. The number of hydrogen-bond acceptors (Lipinski definition) is 10. The maximum Gasteiger partial charge on any atom is 0.175 e. The first kappa shape index (κ1) is 22.3. The number of nitrogens with zero attached hydrogens (tertiary/aromatic N) is 5. The van der Waals surface area contributed by atoms with E-state index in [1.807, 2.05) is 12.3 Å². The molecule has 6 heterocycles. The summed E-state index contributed by atoms with van der Waals surface area (Å²) in [6.07, 6.45) is 8.12. The minimum atomic E-state index is -0.139. The molecule has 2 unspecified atom stereocenters. The maximum absolute atomic E-state index is 10.1. The Labute approximate surface area is 203 Å². The van der Waals surface area contributed by atoms with Gasteiger partial charge in [0.15, 0.2) is 17.4 Å². The topological polar surface area (TPSA) is 93.1 Å². The lowest BCUT2D eigenvalue weighted by Crippen LogP contribution is -2.41. The Morgan fingerprint density at radius 2 is 2.12 bits per heavy atom. The fourth-order valence-electron chi connectivity index (χ4n) is 5.65. The lowest BCUT2D eigenvalue weighted by atomic mass is 9.78. The molecule has 182 valence electrons. The number of anilines is 2. The van der Waals surface area contributed by atoms with E-state index in [-0.39, 0.29) is 12.7 Å². The number of hydrogen-bond donors (Lipinski definition) is 1. The molecule has 34 heavy (non-hydrogen) atoms. The number of aromatic nitrogens is 3. The second-order valence-electron chi connectivity index (χ2n) is 9.70. The lowest BCUT2D eigenvalue weighted by Gasteiger charge is -2.39. The van der Waals surface area contributed by atoms with Gasteiger partial charge in [-0.3, -0.25) is 0 Å². The number of pyridine rings is 1. The van der Waals surface area contributed by atoms with Gasteiger partial charge >= 0.3 is 0 Å². The molecule has 9 nitrogen and oxygen atoms in total. The summed E-state index contributed by atoms with van der Waals surface area (Å²) in [5.74, 6) is 2.45. The largest absolute Gasteiger partial charge is 0.486 e. The third kappa shape index (κ3) is 4.00. The van der Waals surface area contributed by atoms with E-state index in [4.69, 9.17) is 24.2 Å². The molecule has 0 aliphatic carbocycles. The second-order valence-corrected chi connectivity index (χ2v) is 10.8. The number of methoxy groups -OCH3 is 1. The highest BCUT2D eigenvalue weighted by atomic mass is 32.2. The molecule has 2 aromatic heterocycles. The number of piperidine rings is 1. The molecule has 4 aliphatic rings. The highest BCUT2D eigenvalue weighted by Crippen LogP contribution is 2.45. The van der Waals surface area contributed by atoms with Crippen LogP contribution in [0.3, 0.4) is 0 Å². The van der Waals surface area contributed by atoms with Gasteiger partial charge in [0.25, 0.3) is 0 Å². The summed E-state index contributed by atoms with van der Waals surface area (Å²) in [7, 11) is 1.76. The molecule has 10 heteroatoms. The summed E-state index contributed by atoms with van der Waals surface area (Å²) in [6.45, 7) is 4.90. The van der Waals surface area contributed by atoms with E-state index in [1.165, 1.54) is 11.8 Å². The van der Waals surface area contributed by atoms with Gasteiger partial charge in [0.05, 0.1) is 36.5 Å². The van der Waals surface area contributed by atoms with Crippen molar-refractivity contribution in [2.24, 2.45) is 5.41 Å². The van der Waals surface area contributed by atoms with Gasteiger partial charge in [-0.1, -0.05) is 11.8 Å². The normalized spacial score (nSPS) is 25.4. The van der Waals surface area contributed by atoms with Gasteiger partial charge in [0, 0.05) is 39.5 Å². The van der Waals surface area contributed by atoms with Gasteiger partial charge < -0.3 is 29.1 Å². The highest BCUT2D eigenvalue weighted by molar-refractivity contribution is 7.99. The molecule has 1 N–H and O–H groups in total. The summed E-state index contributed by atoms with van der Waals surface area (Å²) in [5, 5.41) is 10.8. The fraction of sp³-hybridized carbons (Fsp3) is 0.625. The zero-order chi connectivity index (χ0) is 23.1. The van der Waals surface area contributed by atoms with E-state index >= 15 is 0 Å². The van der Waals surface area contributed by atoms with Crippen molar-refractivity contribution in [3.05, 3.63) is 24.2 Å². The summed E-state index contributed by atoms with van der Waals surface area (Å²) in [4.78, 5) is 19.6. The summed E-state index contributed by atoms with van der Waals surface area (Å²) >= 11 is 1.50. The van der Waals surface area contributed by atoms with Crippen LogP contribution in [-0.2, 0) is 16.1 Å². The van der Waals surface area contributed by atoms with Crippen LogP contribution in [0, 0.1) is 5.41 Å². The second kappa shape index (κ2) is 9.14. The molecule has 3 fully saturated rings. The standard InChI is InChI=1S/C24H31N5O4S/c1-31-17-10-16-14-33-21-19(2-6-25-23(21)29(16)12-17)34-20-11-26-22(18(13-30)27-20)28-7-3-24(4-8-28)5-9-32-15-24/h2,6,11,16-17,30H,3-5,7-10,12-15H2,1H3. The number of fused-ring (bicyclic) bond motifs is 3. The SMILES string of the molecule is COC1CC2COc3c(Sc4cnc(N5CCC6(CCOC6)CC5)c(CO)n4)ccnc3N2C1. The predicted molar refractivity (Wildman–Crippen MR) is 128 cm³/mol. The fourth-order valence-corrected chi connectivity index (χ4v) is 6.51. The molecule has 2 aromatic rings. The quantitative estimate of drug-likeness (QED) is 0.681. The van der Waals surface area contributed by atoms with Gasteiger partial charge in [0.1, 0.15) is 17.3 Å². The van der Waals surface area contributed by atoms with Crippen molar-refractivity contribution in [3.8, 4) is 5.75 Å². The van der Waals surface area contributed by atoms with Crippen molar-refractivity contribution in [2.75, 3.05) is 56.4 Å². The molecule has 0 aromatic carbocycles. The molecule has 0 bridgehead atoms. The van der Waals surface area contributed by atoms with Crippen LogP contribution in [0.15, 0.2) is 28.4 Å². The molecule has 3 saturated heterocycles. The van der Waals surface area contributed by atoms with Gasteiger partial charge in [0.2, 0.25) is 0 Å². The Morgan fingerprint density at radius 3 is 2.88 bits per heavy atom. The Kier molecular flexibility index (Phi) is 6.00. The Hall–Kier alpha value is -2.14. The Bertz CT molecular complexity index is 1040. The number of aliphatic hydroxyl groups is 1. The van der Waals surface area contributed by atoms with Crippen molar-refractivity contribution >= 4 is 23.4 Å².